The summed E-state index contributed by atoms with van der Waals surface area (Å²) in [5, 5.41) is 0. The van der Waals surface area contributed by atoms with Crippen LogP contribution in [0.1, 0.15) is 0 Å². The molecule has 2 N–H and O–H groups in total. The van der Waals surface area contributed by atoms with Crippen molar-refractivity contribution in [3.63, 3.8) is 0 Å². The molecule has 0 aromatic carbocycles. The van der Waals surface area contributed by atoms with Gasteiger partial charge in [-0.2, -0.15) is 0 Å². The first-order valence-electron chi connectivity index (χ1n) is 3.46. The summed E-state index contributed by atoms with van der Waals surface area (Å²) < 4.78 is 0. The van der Waals surface area contributed by atoms with Crippen LogP contribution in [0.5, 0.6) is 0 Å². The maximum Gasteiger partial charge on any atom is 0.279 e. The molecule has 0 saturated carbocycles. The van der Waals surface area contributed by atoms with Gasteiger partial charge in [-0.05, 0) is 0 Å². The Kier molecular flexibility index (Phi) is 1.79. The van der Waals surface area contributed by atoms with Crippen LogP contribution >= 0.6 is 0 Å². The lowest BCUT2D eigenvalue weighted by Gasteiger charge is -2.12. The zero-order valence-corrected chi connectivity index (χ0v) is 7.29. The van der Waals surface area contributed by atoms with Crippen molar-refractivity contribution >= 4 is 11.8 Å². The van der Waals surface area contributed by atoms with E-state index < -0.39 is 5.91 Å². The Bertz CT molecular complexity index is 280. The molecule has 0 aromatic rings. The van der Waals surface area contributed by atoms with E-state index >= 15 is 0 Å². The SMILES string of the molecule is CN(C)C1=C(N)C(=O)N(C)C1=O. The lowest BCUT2D eigenvalue weighted by atomic mass is 10.3. The third-order valence-corrected chi connectivity index (χ3v) is 1.74. The van der Waals surface area contributed by atoms with Gasteiger partial charge in [-0.3, -0.25) is 14.5 Å². The summed E-state index contributed by atoms with van der Waals surface area (Å²) in [5.41, 5.74) is 5.72. The van der Waals surface area contributed by atoms with E-state index in [1.165, 1.54) is 7.05 Å². The van der Waals surface area contributed by atoms with Gasteiger partial charge in [0, 0.05) is 21.1 Å². The van der Waals surface area contributed by atoms with Crippen molar-refractivity contribution in [2.24, 2.45) is 5.73 Å². The highest BCUT2D eigenvalue weighted by Gasteiger charge is 2.35. The van der Waals surface area contributed by atoms with E-state index in [4.69, 9.17) is 5.73 Å². The Labute approximate surface area is 70.4 Å². The van der Waals surface area contributed by atoms with E-state index in [0.717, 1.165) is 4.90 Å². The minimum Gasteiger partial charge on any atom is -0.392 e. The smallest absolute Gasteiger partial charge is 0.279 e. The van der Waals surface area contributed by atoms with Crippen molar-refractivity contribution < 1.29 is 9.59 Å². The molecule has 5 heteroatoms. The maximum absolute atomic E-state index is 11.3. The molecule has 0 radical (unpaired) electrons. The summed E-state index contributed by atoms with van der Waals surface area (Å²) in [7, 11) is 4.76. The minimum atomic E-state index is -0.427. The molecule has 0 unspecified atom stereocenters. The molecule has 0 bridgehead atoms. The second-order valence-corrected chi connectivity index (χ2v) is 2.83. The van der Waals surface area contributed by atoms with E-state index in [2.05, 4.69) is 0 Å². The molecule has 1 heterocycles. The van der Waals surface area contributed by atoms with Crippen molar-refractivity contribution in [1.29, 1.82) is 0 Å². The lowest BCUT2D eigenvalue weighted by molar-refractivity contribution is -0.136. The van der Waals surface area contributed by atoms with Crippen LogP contribution in [0.15, 0.2) is 11.4 Å². The number of nitrogens with two attached hydrogens (primary N) is 1. The molecule has 66 valence electrons. The summed E-state index contributed by atoms with van der Waals surface area (Å²) in [5.74, 6) is -0.772. The number of likely N-dealkylation sites (N-methyl/N-ethyl adjacent to an activating group) is 2. The van der Waals surface area contributed by atoms with Crippen LogP contribution in [0.2, 0.25) is 0 Å². The van der Waals surface area contributed by atoms with Crippen LogP contribution in [-0.4, -0.2) is 42.8 Å². The molecule has 12 heavy (non-hydrogen) atoms. The minimum absolute atomic E-state index is 0.0208. The second-order valence-electron chi connectivity index (χ2n) is 2.83. The molecule has 0 spiro atoms. The Balaban J connectivity index is 3.13. The quantitative estimate of drug-likeness (QED) is 0.496. The van der Waals surface area contributed by atoms with Crippen molar-refractivity contribution in [3.05, 3.63) is 11.4 Å². The van der Waals surface area contributed by atoms with Crippen LogP contribution < -0.4 is 5.73 Å². The van der Waals surface area contributed by atoms with E-state index in [9.17, 15) is 9.59 Å². The van der Waals surface area contributed by atoms with Gasteiger partial charge in [-0.25, -0.2) is 0 Å². The fourth-order valence-corrected chi connectivity index (χ4v) is 1.08. The standard InChI is InChI=1S/C7H11N3O2/c1-9(2)5-4(8)6(11)10(3)7(5)12/h8H2,1-3H3. The zero-order valence-electron chi connectivity index (χ0n) is 7.29. The van der Waals surface area contributed by atoms with Gasteiger partial charge in [0.25, 0.3) is 11.8 Å². The molecule has 5 nitrogen and oxygen atoms in total. The van der Waals surface area contributed by atoms with Crippen molar-refractivity contribution in [2.75, 3.05) is 21.1 Å². The number of amides is 2. The Hall–Kier alpha value is -1.52. The molecule has 0 aliphatic carbocycles. The van der Waals surface area contributed by atoms with Crippen LogP contribution in [0.4, 0.5) is 0 Å². The second kappa shape index (κ2) is 2.51. The zero-order chi connectivity index (χ0) is 9.46. The summed E-state index contributed by atoms with van der Waals surface area (Å²) in [6.45, 7) is 0. The largest absolute Gasteiger partial charge is 0.392 e. The van der Waals surface area contributed by atoms with Crippen LogP contribution in [-0.2, 0) is 9.59 Å². The summed E-state index contributed by atoms with van der Waals surface area (Å²) in [6, 6.07) is 0. The Morgan fingerprint density at radius 1 is 1.25 bits per heavy atom. The van der Waals surface area contributed by atoms with E-state index in [1.807, 2.05) is 0 Å². The number of hydrogen-bond donors (Lipinski definition) is 1. The normalized spacial score (nSPS) is 17.8. The molecule has 0 atom stereocenters. The molecular weight excluding hydrogens is 158 g/mol. The summed E-state index contributed by atoms with van der Waals surface area (Å²) in [6.07, 6.45) is 0. The van der Waals surface area contributed by atoms with E-state index in [0.29, 0.717) is 0 Å². The lowest BCUT2D eigenvalue weighted by Crippen LogP contribution is -2.29. The van der Waals surface area contributed by atoms with Gasteiger partial charge in [-0.15, -0.1) is 0 Å². The highest BCUT2D eigenvalue weighted by atomic mass is 16.2. The monoisotopic (exact) mass is 169 g/mol. The van der Waals surface area contributed by atoms with E-state index in [1.54, 1.807) is 19.0 Å². The average molecular weight is 169 g/mol. The van der Waals surface area contributed by atoms with Gasteiger partial charge in [0.15, 0.2) is 0 Å². The van der Waals surface area contributed by atoms with Gasteiger partial charge in [0.2, 0.25) is 0 Å². The van der Waals surface area contributed by atoms with Gasteiger partial charge in [0.05, 0.1) is 0 Å². The Morgan fingerprint density at radius 3 is 1.92 bits per heavy atom. The molecule has 1 aliphatic rings. The number of nitrogens with zero attached hydrogens (tertiary/aromatic N) is 2. The number of hydrogen-bond acceptors (Lipinski definition) is 4. The predicted molar refractivity (Wildman–Crippen MR) is 42.7 cm³/mol. The first kappa shape index (κ1) is 8.58. The number of carbonyl (C=O) groups is 2. The number of imide groups is 1. The number of rotatable bonds is 1. The molecular formula is C7H11N3O2. The Morgan fingerprint density at radius 2 is 1.75 bits per heavy atom. The van der Waals surface area contributed by atoms with Crippen molar-refractivity contribution in [1.82, 2.24) is 9.80 Å². The maximum atomic E-state index is 11.3. The summed E-state index contributed by atoms with van der Waals surface area (Å²) in [4.78, 5) is 25.0. The first-order valence-corrected chi connectivity index (χ1v) is 3.46. The fourth-order valence-electron chi connectivity index (χ4n) is 1.08. The highest BCUT2D eigenvalue weighted by Crippen LogP contribution is 2.16. The molecule has 1 aliphatic heterocycles. The van der Waals surface area contributed by atoms with Crippen LogP contribution in [0.25, 0.3) is 0 Å². The van der Waals surface area contributed by atoms with Gasteiger partial charge >= 0.3 is 0 Å². The van der Waals surface area contributed by atoms with Gasteiger partial charge in [-0.1, -0.05) is 0 Å². The highest BCUT2D eigenvalue weighted by molar-refractivity contribution is 6.18. The van der Waals surface area contributed by atoms with Crippen molar-refractivity contribution in [3.8, 4) is 0 Å². The average Bonchev–Trinajstić information content (AvgIpc) is 2.16. The fraction of sp³-hybridized carbons (Fsp3) is 0.429. The summed E-state index contributed by atoms with van der Waals surface area (Å²) >= 11 is 0. The molecule has 1 rings (SSSR count). The molecule has 0 fully saturated rings. The molecule has 2 amide bonds. The molecule has 0 aromatic heterocycles. The first-order chi connectivity index (χ1) is 5.46. The topological polar surface area (TPSA) is 66.6 Å². The molecule has 0 saturated heterocycles. The van der Waals surface area contributed by atoms with Crippen molar-refractivity contribution in [2.45, 2.75) is 0 Å². The number of carbonyl (C=O) groups excluding carboxylic acids is 2. The predicted octanol–water partition coefficient (Wildman–Crippen LogP) is -1.28. The van der Waals surface area contributed by atoms with Crippen LogP contribution in [0.3, 0.4) is 0 Å². The third kappa shape index (κ3) is 0.939. The van der Waals surface area contributed by atoms with Crippen LogP contribution in [0, 0.1) is 0 Å². The third-order valence-electron chi connectivity index (χ3n) is 1.74. The van der Waals surface area contributed by atoms with Gasteiger partial charge < -0.3 is 10.6 Å². The van der Waals surface area contributed by atoms with E-state index in [-0.39, 0.29) is 17.3 Å². The van der Waals surface area contributed by atoms with Gasteiger partial charge in [0.1, 0.15) is 11.4 Å².